The summed E-state index contributed by atoms with van der Waals surface area (Å²) >= 11 is 0. The normalized spacial score (nSPS) is 25.5. The minimum Gasteiger partial charge on any atom is -0.494 e. The van der Waals surface area contributed by atoms with Crippen LogP contribution in [0, 0.1) is 23.2 Å². The van der Waals surface area contributed by atoms with Crippen molar-refractivity contribution in [1.29, 1.82) is 5.26 Å². The zero-order chi connectivity index (χ0) is 12.4. The van der Waals surface area contributed by atoms with Gasteiger partial charge in [-0.3, -0.25) is 0 Å². The van der Waals surface area contributed by atoms with Crippen LogP contribution in [0.25, 0.3) is 0 Å². The summed E-state index contributed by atoms with van der Waals surface area (Å²) in [6, 6.07) is 9.42. The fraction of sp³-hybridized carbons (Fsp3) is 0.533. The highest BCUT2D eigenvalue weighted by Gasteiger charge is 2.44. The highest BCUT2D eigenvalue weighted by molar-refractivity contribution is 5.34. The summed E-state index contributed by atoms with van der Waals surface area (Å²) in [6.45, 7) is 4.53. The molecule has 1 saturated carbocycles. The molecule has 1 aliphatic heterocycles. The highest BCUT2D eigenvalue weighted by atomic mass is 16.5. The standard InChI is InChI=1S/C15H18N2O/c16-9-12-2-4-15(5-3-12)18-7-1-6-17-10-13-8-14(13)11-17/h2-5,13-14H,1,6-8,10-11H2/t13-,14+. The summed E-state index contributed by atoms with van der Waals surface area (Å²) in [6.07, 6.45) is 2.55. The van der Waals surface area contributed by atoms with Gasteiger partial charge >= 0.3 is 0 Å². The van der Waals surface area contributed by atoms with Crippen LogP contribution in [-0.4, -0.2) is 31.1 Å². The first kappa shape index (κ1) is 11.6. The van der Waals surface area contributed by atoms with E-state index in [2.05, 4.69) is 11.0 Å². The molecule has 1 saturated heterocycles. The van der Waals surface area contributed by atoms with Crippen LogP contribution in [0.4, 0.5) is 0 Å². The van der Waals surface area contributed by atoms with Gasteiger partial charge in [0.2, 0.25) is 0 Å². The second kappa shape index (κ2) is 4.99. The molecule has 1 aromatic carbocycles. The van der Waals surface area contributed by atoms with Gasteiger partial charge in [-0.2, -0.15) is 5.26 Å². The van der Waals surface area contributed by atoms with Crippen LogP contribution in [0.3, 0.4) is 0 Å². The Morgan fingerprint density at radius 1 is 1.22 bits per heavy atom. The van der Waals surface area contributed by atoms with Gasteiger partial charge in [-0.25, -0.2) is 0 Å². The SMILES string of the molecule is N#Cc1ccc(OCCCN2C[C@H]3C[C@H]3C2)cc1. The number of hydrogen-bond acceptors (Lipinski definition) is 3. The molecule has 3 nitrogen and oxygen atoms in total. The molecular formula is C15H18N2O. The molecule has 0 unspecified atom stereocenters. The van der Waals surface area contributed by atoms with E-state index in [0.717, 1.165) is 37.2 Å². The minimum absolute atomic E-state index is 0.679. The Morgan fingerprint density at radius 2 is 1.94 bits per heavy atom. The van der Waals surface area contributed by atoms with Crippen molar-refractivity contribution < 1.29 is 4.74 Å². The molecular weight excluding hydrogens is 224 g/mol. The molecule has 0 bridgehead atoms. The minimum atomic E-state index is 0.679. The number of fused-ring (bicyclic) bond motifs is 1. The van der Waals surface area contributed by atoms with E-state index in [4.69, 9.17) is 10.00 Å². The van der Waals surface area contributed by atoms with Crippen molar-refractivity contribution in [2.24, 2.45) is 11.8 Å². The first-order valence-corrected chi connectivity index (χ1v) is 6.70. The number of nitriles is 1. The van der Waals surface area contributed by atoms with Crippen molar-refractivity contribution in [2.45, 2.75) is 12.8 Å². The molecule has 1 heterocycles. The van der Waals surface area contributed by atoms with Crippen molar-refractivity contribution in [3.05, 3.63) is 29.8 Å². The largest absolute Gasteiger partial charge is 0.494 e. The highest BCUT2D eigenvalue weighted by Crippen LogP contribution is 2.44. The predicted molar refractivity (Wildman–Crippen MR) is 69.3 cm³/mol. The van der Waals surface area contributed by atoms with Crippen LogP contribution in [0.15, 0.2) is 24.3 Å². The van der Waals surface area contributed by atoms with Crippen LogP contribution in [0.2, 0.25) is 0 Å². The third-order valence-corrected chi connectivity index (χ3v) is 3.93. The molecule has 2 aliphatic rings. The Balaban J connectivity index is 1.35. The smallest absolute Gasteiger partial charge is 0.119 e. The lowest BCUT2D eigenvalue weighted by molar-refractivity contribution is 0.250. The number of hydrogen-bond donors (Lipinski definition) is 0. The van der Waals surface area contributed by atoms with Crippen molar-refractivity contribution in [3.63, 3.8) is 0 Å². The second-order valence-electron chi connectivity index (χ2n) is 5.35. The summed E-state index contributed by atoms with van der Waals surface area (Å²) in [5, 5.41) is 8.69. The number of rotatable bonds is 5. The zero-order valence-electron chi connectivity index (χ0n) is 10.5. The summed E-state index contributed by atoms with van der Waals surface area (Å²) in [5.41, 5.74) is 0.679. The molecule has 2 atom stereocenters. The number of piperidine rings is 1. The van der Waals surface area contributed by atoms with E-state index in [9.17, 15) is 0 Å². The fourth-order valence-corrected chi connectivity index (χ4v) is 2.78. The maximum atomic E-state index is 8.69. The third kappa shape index (κ3) is 2.65. The lowest BCUT2D eigenvalue weighted by Crippen LogP contribution is -2.25. The summed E-state index contributed by atoms with van der Waals surface area (Å²) in [4.78, 5) is 2.56. The van der Waals surface area contributed by atoms with Gasteiger partial charge in [0.15, 0.2) is 0 Å². The van der Waals surface area contributed by atoms with Crippen LogP contribution >= 0.6 is 0 Å². The molecule has 2 fully saturated rings. The van der Waals surface area contributed by atoms with Gasteiger partial charge in [0, 0.05) is 19.6 Å². The van der Waals surface area contributed by atoms with E-state index < -0.39 is 0 Å². The molecule has 0 N–H and O–H groups in total. The van der Waals surface area contributed by atoms with E-state index in [1.165, 1.54) is 19.5 Å². The average molecular weight is 242 g/mol. The molecule has 3 heteroatoms. The van der Waals surface area contributed by atoms with Crippen LogP contribution < -0.4 is 4.74 Å². The van der Waals surface area contributed by atoms with E-state index in [0.29, 0.717) is 5.56 Å². The van der Waals surface area contributed by atoms with Gasteiger partial charge in [0.05, 0.1) is 18.2 Å². The Kier molecular flexibility index (Phi) is 3.21. The third-order valence-electron chi connectivity index (χ3n) is 3.93. The monoisotopic (exact) mass is 242 g/mol. The van der Waals surface area contributed by atoms with E-state index in [1.54, 1.807) is 12.1 Å². The Labute approximate surface area is 108 Å². The van der Waals surface area contributed by atoms with Crippen molar-refractivity contribution in [1.82, 2.24) is 4.90 Å². The van der Waals surface area contributed by atoms with E-state index in [-0.39, 0.29) is 0 Å². The molecule has 1 aliphatic carbocycles. The van der Waals surface area contributed by atoms with Gasteiger partial charge < -0.3 is 9.64 Å². The molecule has 0 spiro atoms. The van der Waals surface area contributed by atoms with E-state index in [1.807, 2.05) is 12.1 Å². The average Bonchev–Trinajstić information content (AvgIpc) is 3.03. The van der Waals surface area contributed by atoms with Crippen LogP contribution in [0.1, 0.15) is 18.4 Å². The maximum Gasteiger partial charge on any atom is 0.119 e. The molecule has 1 aromatic rings. The molecule has 94 valence electrons. The second-order valence-corrected chi connectivity index (χ2v) is 5.35. The first-order valence-electron chi connectivity index (χ1n) is 6.70. The Morgan fingerprint density at radius 3 is 2.61 bits per heavy atom. The molecule has 3 rings (SSSR count). The van der Waals surface area contributed by atoms with Crippen molar-refractivity contribution in [2.75, 3.05) is 26.2 Å². The molecule has 18 heavy (non-hydrogen) atoms. The number of likely N-dealkylation sites (tertiary alicyclic amines) is 1. The summed E-state index contributed by atoms with van der Waals surface area (Å²) < 4.78 is 5.67. The Bertz CT molecular complexity index is 439. The van der Waals surface area contributed by atoms with Crippen molar-refractivity contribution in [3.8, 4) is 11.8 Å². The number of ether oxygens (including phenoxy) is 1. The number of benzene rings is 1. The van der Waals surface area contributed by atoms with E-state index >= 15 is 0 Å². The van der Waals surface area contributed by atoms with Gasteiger partial charge in [-0.05, 0) is 48.9 Å². The topological polar surface area (TPSA) is 36.3 Å². The zero-order valence-corrected chi connectivity index (χ0v) is 10.5. The lowest BCUT2D eigenvalue weighted by Gasteiger charge is -2.17. The molecule has 0 amide bonds. The quantitative estimate of drug-likeness (QED) is 0.743. The molecule has 0 aromatic heterocycles. The van der Waals surface area contributed by atoms with Gasteiger partial charge in [-0.1, -0.05) is 0 Å². The van der Waals surface area contributed by atoms with Crippen LogP contribution in [0.5, 0.6) is 5.75 Å². The lowest BCUT2D eigenvalue weighted by atomic mass is 10.2. The van der Waals surface area contributed by atoms with Gasteiger partial charge in [-0.15, -0.1) is 0 Å². The summed E-state index contributed by atoms with van der Waals surface area (Å²) in [5.74, 6) is 2.90. The summed E-state index contributed by atoms with van der Waals surface area (Å²) in [7, 11) is 0. The van der Waals surface area contributed by atoms with Crippen LogP contribution in [-0.2, 0) is 0 Å². The number of nitrogens with zero attached hydrogens (tertiary/aromatic N) is 2. The fourth-order valence-electron chi connectivity index (χ4n) is 2.78. The van der Waals surface area contributed by atoms with Gasteiger partial charge in [0.25, 0.3) is 0 Å². The van der Waals surface area contributed by atoms with Gasteiger partial charge in [0.1, 0.15) is 5.75 Å². The predicted octanol–water partition coefficient (Wildman–Crippen LogP) is 2.28. The van der Waals surface area contributed by atoms with Crippen molar-refractivity contribution >= 4 is 0 Å². The first-order chi connectivity index (χ1) is 8.85. The Hall–Kier alpha value is -1.53. The molecule has 0 radical (unpaired) electrons. The maximum absolute atomic E-state index is 8.69.